The quantitative estimate of drug-likeness (QED) is 0.495. The molecule has 2 aromatic rings. The highest BCUT2D eigenvalue weighted by molar-refractivity contribution is 5.87. The van der Waals surface area contributed by atoms with Crippen LogP contribution in [0.25, 0.3) is 6.08 Å². The van der Waals surface area contributed by atoms with Crippen LogP contribution in [0.2, 0.25) is 0 Å². The van der Waals surface area contributed by atoms with Gasteiger partial charge >= 0.3 is 5.97 Å². The van der Waals surface area contributed by atoms with Gasteiger partial charge in [0.05, 0.1) is 0 Å². The highest BCUT2D eigenvalue weighted by Gasteiger charge is 2.10. The number of hydrogen-bond acceptors (Lipinski definition) is 4. The van der Waals surface area contributed by atoms with Crippen molar-refractivity contribution in [3.05, 3.63) is 65.7 Å². The van der Waals surface area contributed by atoms with Gasteiger partial charge in [0.2, 0.25) is 0 Å². The maximum Gasteiger partial charge on any atom is 0.331 e. The zero-order valence-corrected chi connectivity index (χ0v) is 13.0. The van der Waals surface area contributed by atoms with Gasteiger partial charge in [-0.1, -0.05) is 36.1 Å². The Bertz CT molecular complexity index is 797. The third-order valence-electron chi connectivity index (χ3n) is 3.27. The molecule has 0 aromatic heterocycles. The lowest BCUT2D eigenvalue weighted by Gasteiger charge is -2.18. The summed E-state index contributed by atoms with van der Waals surface area (Å²) in [5, 5.41) is 0. The van der Waals surface area contributed by atoms with Crippen LogP contribution in [-0.2, 0) is 9.53 Å². The van der Waals surface area contributed by atoms with Crippen molar-refractivity contribution in [1.29, 1.82) is 0 Å². The molecule has 24 heavy (non-hydrogen) atoms. The minimum Gasteiger partial charge on any atom is -0.486 e. The zero-order chi connectivity index (χ0) is 16.6. The molecule has 0 spiro atoms. The van der Waals surface area contributed by atoms with Gasteiger partial charge in [-0.25, -0.2) is 4.79 Å². The van der Waals surface area contributed by atoms with Crippen LogP contribution in [0.1, 0.15) is 11.1 Å². The molecule has 0 amide bonds. The van der Waals surface area contributed by atoms with Crippen molar-refractivity contribution >= 4 is 12.0 Å². The van der Waals surface area contributed by atoms with E-state index in [1.54, 1.807) is 6.08 Å². The Hall–Kier alpha value is -3.19. The van der Waals surface area contributed by atoms with E-state index in [1.807, 2.05) is 48.5 Å². The molecule has 0 bridgehead atoms. The van der Waals surface area contributed by atoms with Crippen molar-refractivity contribution < 1.29 is 19.0 Å². The Morgan fingerprint density at radius 3 is 2.71 bits per heavy atom. The van der Waals surface area contributed by atoms with Crippen LogP contribution in [0.15, 0.2) is 54.6 Å². The fourth-order valence-electron chi connectivity index (χ4n) is 2.14. The molecule has 0 N–H and O–H groups in total. The maximum atomic E-state index is 11.7. The van der Waals surface area contributed by atoms with E-state index in [0.717, 1.165) is 16.9 Å². The SMILES string of the molecule is O=C(/C=C/c1ccc2c(c1)OCCO2)OCC#Cc1ccccc1. The van der Waals surface area contributed by atoms with E-state index in [0.29, 0.717) is 19.0 Å². The van der Waals surface area contributed by atoms with Gasteiger partial charge in [-0.2, -0.15) is 0 Å². The number of ether oxygens (including phenoxy) is 3. The third kappa shape index (κ3) is 4.40. The first-order valence-electron chi connectivity index (χ1n) is 7.60. The summed E-state index contributed by atoms with van der Waals surface area (Å²) in [7, 11) is 0. The van der Waals surface area contributed by atoms with Crippen molar-refractivity contribution in [3.8, 4) is 23.3 Å². The first kappa shape index (κ1) is 15.7. The van der Waals surface area contributed by atoms with Crippen LogP contribution in [0.5, 0.6) is 11.5 Å². The van der Waals surface area contributed by atoms with Gasteiger partial charge in [-0.3, -0.25) is 0 Å². The average molecular weight is 320 g/mol. The van der Waals surface area contributed by atoms with E-state index in [4.69, 9.17) is 14.2 Å². The van der Waals surface area contributed by atoms with Crippen LogP contribution in [-0.4, -0.2) is 25.8 Å². The summed E-state index contributed by atoms with van der Waals surface area (Å²) in [5.41, 5.74) is 1.73. The lowest BCUT2D eigenvalue weighted by molar-refractivity contribution is -0.136. The van der Waals surface area contributed by atoms with Crippen molar-refractivity contribution in [2.75, 3.05) is 19.8 Å². The molecule has 120 valence electrons. The van der Waals surface area contributed by atoms with Gasteiger partial charge in [0.1, 0.15) is 13.2 Å². The number of carbonyl (C=O) groups is 1. The minimum absolute atomic E-state index is 0.0548. The lowest BCUT2D eigenvalue weighted by Crippen LogP contribution is -2.15. The summed E-state index contributed by atoms with van der Waals surface area (Å²) in [5.74, 6) is 6.70. The average Bonchev–Trinajstić information content (AvgIpc) is 2.64. The molecule has 1 heterocycles. The summed E-state index contributed by atoms with van der Waals surface area (Å²) in [4.78, 5) is 11.7. The molecule has 0 aliphatic carbocycles. The summed E-state index contributed by atoms with van der Waals surface area (Å²) in [6.45, 7) is 1.14. The van der Waals surface area contributed by atoms with E-state index >= 15 is 0 Å². The van der Waals surface area contributed by atoms with Crippen LogP contribution >= 0.6 is 0 Å². The molecular weight excluding hydrogens is 304 g/mol. The summed E-state index contributed by atoms with van der Waals surface area (Å²) < 4.78 is 16.0. The molecule has 1 aliphatic rings. The van der Waals surface area contributed by atoms with E-state index in [1.165, 1.54) is 6.08 Å². The maximum absolute atomic E-state index is 11.7. The molecule has 4 heteroatoms. The first-order valence-corrected chi connectivity index (χ1v) is 7.60. The zero-order valence-electron chi connectivity index (χ0n) is 13.0. The molecule has 0 saturated carbocycles. The minimum atomic E-state index is -0.438. The monoisotopic (exact) mass is 320 g/mol. The molecule has 0 fully saturated rings. The van der Waals surface area contributed by atoms with Gasteiger partial charge in [-0.05, 0) is 35.9 Å². The number of benzene rings is 2. The predicted octanol–water partition coefficient (Wildman–Crippen LogP) is 3.07. The lowest BCUT2D eigenvalue weighted by atomic mass is 10.2. The molecule has 4 nitrogen and oxygen atoms in total. The van der Waals surface area contributed by atoms with Crippen molar-refractivity contribution in [2.45, 2.75) is 0 Å². The fourth-order valence-corrected chi connectivity index (χ4v) is 2.14. The summed E-state index contributed by atoms with van der Waals surface area (Å²) in [6, 6.07) is 15.0. The number of esters is 1. The number of hydrogen-bond donors (Lipinski definition) is 0. The van der Waals surface area contributed by atoms with Gasteiger partial charge in [0.25, 0.3) is 0 Å². The van der Waals surface area contributed by atoms with Crippen LogP contribution in [0.4, 0.5) is 0 Å². The molecular formula is C20H16O4. The van der Waals surface area contributed by atoms with Crippen LogP contribution in [0, 0.1) is 11.8 Å². The Balaban J connectivity index is 1.51. The highest BCUT2D eigenvalue weighted by atomic mass is 16.6. The second-order valence-corrected chi connectivity index (χ2v) is 5.01. The number of fused-ring (bicyclic) bond motifs is 1. The van der Waals surface area contributed by atoms with E-state index in [2.05, 4.69) is 11.8 Å². The molecule has 2 aromatic carbocycles. The van der Waals surface area contributed by atoms with Gasteiger partial charge in [0.15, 0.2) is 18.1 Å². The normalized spacial score (nSPS) is 12.3. The first-order chi connectivity index (χ1) is 11.8. The van der Waals surface area contributed by atoms with E-state index in [-0.39, 0.29) is 6.61 Å². The Labute approximate surface area is 140 Å². The largest absolute Gasteiger partial charge is 0.486 e. The standard InChI is InChI=1S/C20H16O4/c21-20(24-12-4-7-16-5-2-1-3-6-16)11-9-17-8-10-18-19(15-17)23-14-13-22-18/h1-3,5-6,8-11,15H,12-14H2/b11-9+. The smallest absolute Gasteiger partial charge is 0.331 e. The topological polar surface area (TPSA) is 44.8 Å². The van der Waals surface area contributed by atoms with Gasteiger partial charge in [0, 0.05) is 11.6 Å². The Morgan fingerprint density at radius 2 is 1.88 bits per heavy atom. The van der Waals surface area contributed by atoms with Crippen molar-refractivity contribution in [3.63, 3.8) is 0 Å². The van der Waals surface area contributed by atoms with Crippen molar-refractivity contribution in [2.24, 2.45) is 0 Å². The van der Waals surface area contributed by atoms with Gasteiger partial charge < -0.3 is 14.2 Å². The molecule has 0 unspecified atom stereocenters. The fraction of sp³-hybridized carbons (Fsp3) is 0.150. The molecule has 0 saturated heterocycles. The molecule has 0 atom stereocenters. The Morgan fingerprint density at radius 1 is 1.08 bits per heavy atom. The molecule has 0 radical (unpaired) electrons. The second kappa shape index (κ2) is 7.89. The second-order valence-electron chi connectivity index (χ2n) is 5.01. The third-order valence-corrected chi connectivity index (χ3v) is 3.27. The predicted molar refractivity (Wildman–Crippen MR) is 90.7 cm³/mol. The number of carbonyl (C=O) groups excluding carboxylic acids is 1. The van der Waals surface area contributed by atoms with Gasteiger partial charge in [-0.15, -0.1) is 0 Å². The van der Waals surface area contributed by atoms with Crippen LogP contribution in [0.3, 0.4) is 0 Å². The summed E-state index contributed by atoms with van der Waals surface area (Å²) in [6.07, 6.45) is 3.04. The van der Waals surface area contributed by atoms with Crippen LogP contribution < -0.4 is 9.47 Å². The van der Waals surface area contributed by atoms with E-state index in [9.17, 15) is 4.79 Å². The molecule has 1 aliphatic heterocycles. The highest BCUT2D eigenvalue weighted by Crippen LogP contribution is 2.31. The van der Waals surface area contributed by atoms with E-state index < -0.39 is 5.97 Å². The Kier molecular flexibility index (Phi) is 5.16. The number of rotatable bonds is 3. The van der Waals surface area contributed by atoms with Crippen molar-refractivity contribution in [1.82, 2.24) is 0 Å². The molecule has 3 rings (SSSR count). The summed E-state index contributed by atoms with van der Waals surface area (Å²) >= 11 is 0.